The maximum absolute atomic E-state index is 6.74. The SMILES string of the molecule is CC1(C)c2ccccc2-c2cc(N(c3ccc(-c4cccc5ccccc45)cc3)c3cccc4sc5ccc6oc7c8ccccc8ccc7c6c5c34)ccc21. The van der Waals surface area contributed by atoms with Gasteiger partial charge in [-0.25, -0.2) is 0 Å². The number of anilines is 3. The van der Waals surface area contributed by atoms with Gasteiger partial charge < -0.3 is 9.32 Å². The second-order valence-corrected chi connectivity index (χ2v) is 16.7. The summed E-state index contributed by atoms with van der Waals surface area (Å²) in [6.45, 7) is 4.70. The van der Waals surface area contributed by atoms with Crippen LogP contribution in [0.5, 0.6) is 0 Å². The van der Waals surface area contributed by atoms with Crippen LogP contribution in [-0.2, 0) is 5.41 Å². The van der Waals surface area contributed by atoms with Crippen molar-refractivity contribution in [1.29, 1.82) is 0 Å². The van der Waals surface area contributed by atoms with E-state index in [1.807, 2.05) is 11.3 Å². The number of thiophene rings is 1. The highest BCUT2D eigenvalue weighted by molar-refractivity contribution is 7.26. The molecule has 2 heterocycles. The van der Waals surface area contributed by atoms with Gasteiger partial charge >= 0.3 is 0 Å². The molecule has 0 unspecified atom stereocenters. The van der Waals surface area contributed by atoms with Crippen LogP contribution in [0, 0.1) is 0 Å². The van der Waals surface area contributed by atoms with Crippen molar-refractivity contribution in [2.45, 2.75) is 19.3 Å². The van der Waals surface area contributed by atoms with Gasteiger partial charge in [-0.15, -0.1) is 11.3 Å². The molecule has 0 N–H and O–H groups in total. The van der Waals surface area contributed by atoms with E-state index in [9.17, 15) is 0 Å². The summed E-state index contributed by atoms with van der Waals surface area (Å²) in [5.74, 6) is 0. The van der Waals surface area contributed by atoms with Gasteiger partial charge in [-0.2, -0.15) is 0 Å². The second-order valence-electron chi connectivity index (χ2n) is 15.6. The van der Waals surface area contributed by atoms with Crippen molar-refractivity contribution in [3.63, 3.8) is 0 Å². The molecule has 0 amide bonds. The first kappa shape index (κ1) is 31.6. The largest absolute Gasteiger partial charge is 0.455 e. The van der Waals surface area contributed by atoms with Crippen molar-refractivity contribution in [1.82, 2.24) is 0 Å². The Hall–Kier alpha value is -6.68. The van der Waals surface area contributed by atoms with Crippen molar-refractivity contribution in [2.24, 2.45) is 0 Å². The van der Waals surface area contributed by atoms with E-state index in [2.05, 4.69) is 195 Å². The van der Waals surface area contributed by atoms with Gasteiger partial charge in [-0.3, -0.25) is 0 Å². The quantitative estimate of drug-likeness (QED) is 0.179. The van der Waals surface area contributed by atoms with E-state index >= 15 is 0 Å². The maximum Gasteiger partial charge on any atom is 0.143 e. The normalized spacial score (nSPS) is 13.3. The van der Waals surface area contributed by atoms with Crippen LogP contribution in [0.2, 0.25) is 0 Å². The molecule has 0 atom stereocenters. The minimum Gasteiger partial charge on any atom is -0.455 e. The van der Waals surface area contributed by atoms with Crippen LogP contribution in [0.1, 0.15) is 25.0 Å². The molecule has 56 heavy (non-hydrogen) atoms. The molecule has 1 aliphatic carbocycles. The molecule has 2 aromatic heterocycles. The lowest BCUT2D eigenvalue weighted by molar-refractivity contribution is 0.660. The zero-order valence-corrected chi connectivity index (χ0v) is 31.8. The summed E-state index contributed by atoms with van der Waals surface area (Å²) in [6.07, 6.45) is 0. The van der Waals surface area contributed by atoms with Crippen LogP contribution in [0.25, 0.3) is 85.9 Å². The average Bonchev–Trinajstić information content (AvgIpc) is 3.89. The van der Waals surface area contributed by atoms with E-state index in [4.69, 9.17) is 4.42 Å². The molecule has 9 aromatic carbocycles. The van der Waals surface area contributed by atoms with Gasteiger partial charge in [0.05, 0.1) is 5.69 Å². The number of furan rings is 1. The minimum absolute atomic E-state index is 0.0723. The number of nitrogens with zero attached hydrogens (tertiary/aromatic N) is 1. The third kappa shape index (κ3) is 4.43. The first-order valence-electron chi connectivity index (χ1n) is 19.3. The smallest absolute Gasteiger partial charge is 0.143 e. The molecule has 2 nitrogen and oxygen atoms in total. The van der Waals surface area contributed by atoms with Crippen molar-refractivity contribution >= 4 is 92.1 Å². The molecule has 0 bridgehead atoms. The first-order chi connectivity index (χ1) is 27.5. The Morgan fingerprint density at radius 1 is 0.464 bits per heavy atom. The van der Waals surface area contributed by atoms with Crippen molar-refractivity contribution < 1.29 is 4.42 Å². The Balaban J connectivity index is 1.13. The highest BCUT2D eigenvalue weighted by atomic mass is 32.1. The topological polar surface area (TPSA) is 16.4 Å². The number of hydrogen-bond acceptors (Lipinski definition) is 3. The summed E-state index contributed by atoms with van der Waals surface area (Å²) in [5, 5.41) is 9.66. The van der Waals surface area contributed by atoms with E-state index < -0.39 is 0 Å². The zero-order chi connectivity index (χ0) is 37.1. The molecular formula is C53H35NOS. The van der Waals surface area contributed by atoms with Gasteiger partial charge in [-0.1, -0.05) is 135 Å². The molecule has 1 aliphatic rings. The third-order valence-corrected chi connectivity index (χ3v) is 13.4. The molecule has 3 heteroatoms. The molecule has 0 spiro atoms. The fourth-order valence-corrected chi connectivity index (χ4v) is 10.7. The highest BCUT2D eigenvalue weighted by Gasteiger charge is 2.35. The van der Waals surface area contributed by atoms with Gasteiger partial charge in [-0.05, 0) is 104 Å². The summed E-state index contributed by atoms with van der Waals surface area (Å²) in [5.41, 5.74) is 13.0. The molecule has 0 radical (unpaired) electrons. The Kier molecular flexibility index (Phi) is 6.59. The van der Waals surface area contributed by atoms with Crippen LogP contribution in [0.3, 0.4) is 0 Å². The van der Waals surface area contributed by atoms with Gasteiger partial charge in [0.1, 0.15) is 11.2 Å². The maximum atomic E-state index is 6.74. The average molecular weight is 734 g/mol. The van der Waals surface area contributed by atoms with Crippen molar-refractivity contribution in [3.8, 4) is 22.3 Å². The zero-order valence-electron chi connectivity index (χ0n) is 31.0. The lowest BCUT2D eigenvalue weighted by Gasteiger charge is -2.28. The molecule has 0 aliphatic heterocycles. The third-order valence-electron chi connectivity index (χ3n) is 12.3. The van der Waals surface area contributed by atoms with Crippen LogP contribution in [0.15, 0.2) is 180 Å². The summed E-state index contributed by atoms with van der Waals surface area (Å²) < 4.78 is 9.25. The fraction of sp³-hybridized carbons (Fsp3) is 0.0566. The highest BCUT2D eigenvalue weighted by Crippen LogP contribution is 2.53. The predicted octanol–water partition coefficient (Wildman–Crippen LogP) is 15.7. The lowest BCUT2D eigenvalue weighted by atomic mass is 9.82. The number of hydrogen-bond donors (Lipinski definition) is 0. The minimum atomic E-state index is -0.0723. The standard InChI is InChI=1S/C53H35NOS/c1-53(2)43-18-8-7-16-40(43)42-31-36(26-28-44(42)53)54(35-24-21-34(22-25-35)38-17-9-13-32-11-3-5-14-37(32)38)45-19-10-20-47-50(45)51-48(56-47)30-29-46-49(51)41-27-23-33-12-4-6-15-39(33)52(41)55-46/h3-31H,1-2H3. The molecular weight excluding hydrogens is 699 g/mol. The first-order valence-corrected chi connectivity index (χ1v) is 20.2. The van der Waals surface area contributed by atoms with E-state index in [0.29, 0.717) is 0 Å². The fourth-order valence-electron chi connectivity index (χ4n) is 9.61. The molecule has 264 valence electrons. The summed E-state index contributed by atoms with van der Waals surface area (Å²) in [7, 11) is 0. The molecule has 0 saturated carbocycles. The molecule has 0 fully saturated rings. The van der Waals surface area contributed by atoms with Crippen LogP contribution >= 0.6 is 11.3 Å². The molecule has 11 aromatic rings. The van der Waals surface area contributed by atoms with Crippen LogP contribution in [0.4, 0.5) is 17.1 Å². The van der Waals surface area contributed by atoms with Crippen molar-refractivity contribution in [3.05, 3.63) is 187 Å². The summed E-state index contributed by atoms with van der Waals surface area (Å²) in [6, 6.07) is 64.6. The number of rotatable bonds is 4. The Morgan fingerprint density at radius 3 is 2.02 bits per heavy atom. The van der Waals surface area contributed by atoms with Gasteiger partial charge in [0, 0.05) is 53.1 Å². The Bertz CT molecular complexity index is 3400. The molecule has 12 rings (SSSR count). The van der Waals surface area contributed by atoms with Gasteiger partial charge in [0.25, 0.3) is 0 Å². The Labute approximate surface area is 328 Å². The lowest BCUT2D eigenvalue weighted by Crippen LogP contribution is -2.15. The van der Waals surface area contributed by atoms with Crippen LogP contribution < -0.4 is 4.90 Å². The Morgan fingerprint density at radius 2 is 1.14 bits per heavy atom. The number of fused-ring (bicyclic) bond motifs is 13. The van der Waals surface area contributed by atoms with E-state index in [0.717, 1.165) is 39.0 Å². The predicted molar refractivity (Wildman–Crippen MR) is 239 cm³/mol. The van der Waals surface area contributed by atoms with Crippen LogP contribution in [-0.4, -0.2) is 0 Å². The van der Waals surface area contributed by atoms with Gasteiger partial charge in [0.15, 0.2) is 0 Å². The second kappa shape index (κ2) is 11.7. The monoisotopic (exact) mass is 733 g/mol. The molecule has 0 saturated heterocycles. The number of benzene rings is 9. The van der Waals surface area contributed by atoms with Gasteiger partial charge in [0.2, 0.25) is 0 Å². The summed E-state index contributed by atoms with van der Waals surface area (Å²) >= 11 is 1.86. The van der Waals surface area contributed by atoms with E-state index in [1.165, 1.54) is 75.1 Å². The van der Waals surface area contributed by atoms with E-state index in [-0.39, 0.29) is 5.41 Å². The summed E-state index contributed by atoms with van der Waals surface area (Å²) in [4.78, 5) is 2.48. The van der Waals surface area contributed by atoms with E-state index in [1.54, 1.807) is 0 Å². The van der Waals surface area contributed by atoms with Crippen molar-refractivity contribution in [2.75, 3.05) is 4.90 Å².